The number of hydrogen-bond donors (Lipinski definition) is 5. The highest BCUT2D eigenvalue weighted by atomic mass is 16.6. The van der Waals surface area contributed by atoms with E-state index in [1.807, 2.05) is 48.5 Å². The molecule has 18 heteroatoms. The van der Waals surface area contributed by atoms with Crippen molar-refractivity contribution in [2.24, 2.45) is 5.73 Å². The van der Waals surface area contributed by atoms with E-state index in [-0.39, 0.29) is 97.6 Å². The van der Waals surface area contributed by atoms with E-state index in [9.17, 15) is 49.2 Å². The van der Waals surface area contributed by atoms with Crippen molar-refractivity contribution < 1.29 is 53.9 Å². The van der Waals surface area contributed by atoms with Crippen LogP contribution in [0.15, 0.2) is 48.5 Å². The number of likely N-dealkylation sites (tertiary alicyclic amines) is 2. The van der Waals surface area contributed by atoms with E-state index < -0.39 is 60.0 Å². The number of carboxylic acids is 3. The Labute approximate surface area is 329 Å². The van der Waals surface area contributed by atoms with Crippen LogP contribution in [0.4, 0.5) is 4.79 Å². The van der Waals surface area contributed by atoms with Gasteiger partial charge in [0.1, 0.15) is 18.7 Å². The molecule has 3 amide bonds. The summed E-state index contributed by atoms with van der Waals surface area (Å²) in [4.78, 5) is 86.1. The monoisotopic (exact) mass is 793 g/mol. The molecule has 0 spiro atoms. The number of ether oxygens (including phenoxy) is 1. The minimum absolute atomic E-state index is 0.0461. The molecule has 3 aliphatic heterocycles. The normalized spacial score (nSPS) is 24.3. The molecule has 1 unspecified atom stereocenters. The lowest BCUT2D eigenvalue weighted by Gasteiger charge is -2.39. The van der Waals surface area contributed by atoms with Gasteiger partial charge in [0.25, 0.3) is 0 Å². The van der Waals surface area contributed by atoms with Crippen LogP contribution in [0.2, 0.25) is 0 Å². The molecule has 0 bridgehead atoms. The van der Waals surface area contributed by atoms with Crippen molar-refractivity contribution in [2.45, 2.75) is 43.0 Å². The van der Waals surface area contributed by atoms with Gasteiger partial charge in [-0.3, -0.25) is 48.5 Å². The number of nitrogens with zero attached hydrogens (tertiary/aromatic N) is 6. The quantitative estimate of drug-likeness (QED) is 0.189. The summed E-state index contributed by atoms with van der Waals surface area (Å²) in [6, 6.07) is 12.4. The van der Waals surface area contributed by atoms with Crippen LogP contribution in [0.3, 0.4) is 0 Å². The fourth-order valence-corrected chi connectivity index (χ4v) is 8.80. The largest absolute Gasteiger partial charge is 0.480 e. The molecule has 0 radical (unpaired) electrons. The summed E-state index contributed by atoms with van der Waals surface area (Å²) in [5, 5.41) is 40.8. The highest BCUT2D eigenvalue weighted by Crippen LogP contribution is 2.44. The van der Waals surface area contributed by atoms with Crippen LogP contribution in [0, 0.1) is 0 Å². The summed E-state index contributed by atoms with van der Waals surface area (Å²) in [6.45, 7) is -0.0401. The predicted octanol–water partition coefficient (Wildman–Crippen LogP) is -0.699. The van der Waals surface area contributed by atoms with E-state index in [2.05, 4.69) is 0 Å². The molecule has 2 aromatic rings. The van der Waals surface area contributed by atoms with Crippen molar-refractivity contribution in [3.8, 4) is 11.1 Å². The van der Waals surface area contributed by atoms with Crippen LogP contribution >= 0.6 is 0 Å². The molecule has 308 valence electrons. The fraction of sp³-hybridized carbons (Fsp3) is 0.538. The van der Waals surface area contributed by atoms with Crippen molar-refractivity contribution in [2.75, 3.05) is 91.7 Å². The standard InChI is InChI=1S/C39H51N7O11/c40-37(54)30-10-5-11-45(30)38(55)36-35(31(47)20-46(36)39(56)57-24-29-27-8-3-1-6-25(27)26-7-2-4-9-28(26)29)44-18-16-42(22-33(50)51)14-12-41(21-32(48)49)13-15-43(17-19-44)23-34(52)53/h1-4,6-9,29-31,35-36,47H,5,10-24H2,(H2,40,54)(H,48,49)(H,50,51)(H,52,53)/t30-,31-,35?,36-/m0/s1. The number of aliphatic hydroxyl groups excluding tert-OH is 1. The second-order valence-corrected chi connectivity index (χ2v) is 15.1. The van der Waals surface area contributed by atoms with Gasteiger partial charge in [-0.25, -0.2) is 4.79 Å². The molecular weight excluding hydrogens is 742 g/mol. The lowest BCUT2D eigenvalue weighted by atomic mass is 9.98. The number of carbonyl (C=O) groups is 6. The minimum atomic E-state index is -1.34. The third kappa shape index (κ3) is 9.70. The first-order valence-electron chi connectivity index (χ1n) is 19.3. The van der Waals surface area contributed by atoms with Crippen LogP contribution in [0.1, 0.15) is 29.9 Å². The second kappa shape index (κ2) is 18.4. The summed E-state index contributed by atoms with van der Waals surface area (Å²) in [5.74, 6) is -4.85. The van der Waals surface area contributed by atoms with Gasteiger partial charge in [0.2, 0.25) is 11.8 Å². The molecule has 6 rings (SSSR count). The Kier molecular flexibility index (Phi) is 13.4. The number of aliphatic hydroxyl groups is 1. The number of β-amino-alcohol motifs (C(OH)–C–C–N with tert-alkyl or cyclic N) is 1. The molecule has 4 aliphatic rings. The zero-order valence-corrected chi connectivity index (χ0v) is 31.7. The molecule has 3 heterocycles. The molecule has 2 aromatic carbocycles. The Balaban J connectivity index is 1.30. The summed E-state index contributed by atoms with van der Waals surface area (Å²) < 4.78 is 6.00. The third-order valence-electron chi connectivity index (χ3n) is 11.5. The van der Waals surface area contributed by atoms with E-state index in [0.29, 0.717) is 12.8 Å². The van der Waals surface area contributed by atoms with Gasteiger partial charge >= 0.3 is 24.0 Å². The van der Waals surface area contributed by atoms with Crippen molar-refractivity contribution in [1.29, 1.82) is 0 Å². The SMILES string of the molecule is NC(=O)[C@@H]1CCCN1C(=O)[C@@H]1C(N2CCN(CC(=O)O)CCN(CC(=O)O)CCN(CC(=O)O)CC2)[C@@H](O)CN1C(=O)OCC1c2ccccc2-c2ccccc21. The van der Waals surface area contributed by atoms with Gasteiger partial charge in [-0.05, 0) is 35.1 Å². The van der Waals surface area contributed by atoms with E-state index >= 15 is 0 Å². The van der Waals surface area contributed by atoms with Crippen molar-refractivity contribution in [3.05, 3.63) is 59.7 Å². The van der Waals surface area contributed by atoms with Gasteiger partial charge in [0.15, 0.2) is 0 Å². The smallest absolute Gasteiger partial charge is 0.410 e. The molecule has 4 atom stereocenters. The molecule has 0 saturated carbocycles. The first kappa shape index (κ1) is 41.5. The zero-order valence-electron chi connectivity index (χ0n) is 31.7. The molecule has 3 saturated heterocycles. The molecule has 0 aromatic heterocycles. The van der Waals surface area contributed by atoms with Gasteiger partial charge in [0, 0.05) is 64.8 Å². The van der Waals surface area contributed by atoms with Gasteiger partial charge in [0.05, 0.1) is 38.3 Å². The lowest BCUT2D eigenvalue weighted by molar-refractivity contribution is -0.142. The molecule has 6 N–H and O–H groups in total. The second-order valence-electron chi connectivity index (χ2n) is 15.1. The molecule has 18 nitrogen and oxygen atoms in total. The average molecular weight is 794 g/mol. The van der Waals surface area contributed by atoms with Crippen molar-refractivity contribution >= 4 is 35.8 Å². The Bertz CT molecular complexity index is 1750. The van der Waals surface area contributed by atoms with Crippen LogP contribution in [0.5, 0.6) is 0 Å². The molecule has 1 aliphatic carbocycles. The van der Waals surface area contributed by atoms with E-state index in [1.165, 1.54) is 9.80 Å². The lowest BCUT2D eigenvalue weighted by Crippen LogP contribution is -2.60. The molecule has 3 fully saturated rings. The number of primary amides is 1. The predicted molar refractivity (Wildman–Crippen MR) is 203 cm³/mol. The highest BCUT2D eigenvalue weighted by Gasteiger charge is 2.53. The average Bonchev–Trinajstić information content (AvgIpc) is 3.88. The van der Waals surface area contributed by atoms with Crippen molar-refractivity contribution in [1.82, 2.24) is 29.4 Å². The number of aliphatic carboxylic acids is 3. The fourth-order valence-electron chi connectivity index (χ4n) is 8.80. The van der Waals surface area contributed by atoms with E-state index in [4.69, 9.17) is 10.5 Å². The number of amides is 3. The Morgan fingerprint density at radius 2 is 1.14 bits per heavy atom. The Morgan fingerprint density at radius 1 is 0.667 bits per heavy atom. The summed E-state index contributed by atoms with van der Waals surface area (Å²) >= 11 is 0. The number of carboxylic acid groups (broad SMARTS) is 3. The summed E-state index contributed by atoms with van der Waals surface area (Å²) in [6.07, 6.45) is -1.29. The number of rotatable bonds is 11. The number of fused-ring (bicyclic) bond motifs is 3. The van der Waals surface area contributed by atoms with Crippen LogP contribution in [0.25, 0.3) is 11.1 Å². The first-order valence-corrected chi connectivity index (χ1v) is 19.3. The summed E-state index contributed by atoms with van der Waals surface area (Å²) in [7, 11) is 0. The maximum Gasteiger partial charge on any atom is 0.410 e. The third-order valence-corrected chi connectivity index (χ3v) is 11.5. The number of nitrogens with two attached hydrogens (primary N) is 1. The van der Waals surface area contributed by atoms with Crippen LogP contribution < -0.4 is 5.73 Å². The van der Waals surface area contributed by atoms with Gasteiger partial charge in [-0.2, -0.15) is 0 Å². The maximum atomic E-state index is 14.7. The topological polar surface area (TPSA) is 238 Å². The number of hydrogen-bond acceptors (Lipinski definition) is 12. The Hall–Kier alpha value is -5.14. The molecular formula is C39H51N7O11. The van der Waals surface area contributed by atoms with Crippen molar-refractivity contribution in [3.63, 3.8) is 0 Å². The minimum Gasteiger partial charge on any atom is -0.480 e. The first-order chi connectivity index (χ1) is 27.3. The molecule has 57 heavy (non-hydrogen) atoms. The van der Waals surface area contributed by atoms with Crippen LogP contribution in [-0.2, 0) is 28.7 Å². The highest BCUT2D eigenvalue weighted by molar-refractivity contribution is 5.92. The van der Waals surface area contributed by atoms with Gasteiger partial charge in [-0.1, -0.05) is 48.5 Å². The van der Waals surface area contributed by atoms with Gasteiger partial charge < -0.3 is 35.8 Å². The van der Waals surface area contributed by atoms with E-state index in [0.717, 1.165) is 22.3 Å². The number of benzene rings is 2. The number of carbonyl (C=O) groups excluding carboxylic acids is 3. The maximum absolute atomic E-state index is 14.7. The van der Waals surface area contributed by atoms with Crippen LogP contribution in [-0.4, -0.2) is 202 Å². The van der Waals surface area contributed by atoms with Gasteiger partial charge in [-0.15, -0.1) is 0 Å². The summed E-state index contributed by atoms with van der Waals surface area (Å²) in [5.41, 5.74) is 9.76. The zero-order chi connectivity index (χ0) is 40.8. The Morgan fingerprint density at radius 3 is 1.61 bits per heavy atom. The van der Waals surface area contributed by atoms with E-state index in [1.54, 1.807) is 19.6 Å².